The van der Waals surface area contributed by atoms with Crippen molar-refractivity contribution in [3.63, 3.8) is 0 Å². The summed E-state index contributed by atoms with van der Waals surface area (Å²) in [6.45, 7) is 5.68. The third-order valence-corrected chi connectivity index (χ3v) is 3.68. The van der Waals surface area contributed by atoms with Crippen molar-refractivity contribution >= 4 is 23.5 Å². The maximum atomic E-state index is 3.55. The number of nitrogens with one attached hydrogen (secondary N) is 1. The first kappa shape index (κ1) is 13.7. The number of hydrogen-bond donors (Lipinski definition) is 1. The zero-order valence-electron chi connectivity index (χ0n) is 9.14. The highest BCUT2D eigenvalue weighted by molar-refractivity contribution is 7.99. The van der Waals surface area contributed by atoms with E-state index in [0.29, 0.717) is 6.04 Å². The van der Waals surface area contributed by atoms with Crippen LogP contribution in [0.3, 0.4) is 0 Å². The first-order valence-electron chi connectivity index (χ1n) is 5.11. The Kier molecular flexibility index (Phi) is 11.3. The zero-order chi connectivity index (χ0) is 9.94. The largest absolute Gasteiger partial charge is 0.313 e. The van der Waals surface area contributed by atoms with E-state index >= 15 is 0 Å². The van der Waals surface area contributed by atoms with E-state index in [2.05, 4.69) is 25.4 Å². The van der Waals surface area contributed by atoms with Gasteiger partial charge in [-0.25, -0.2) is 0 Å². The van der Waals surface area contributed by atoms with Crippen LogP contribution in [-0.4, -0.2) is 36.1 Å². The van der Waals surface area contributed by atoms with Gasteiger partial charge < -0.3 is 5.32 Å². The van der Waals surface area contributed by atoms with Crippen LogP contribution in [0.25, 0.3) is 0 Å². The predicted octanol–water partition coefficient (Wildman–Crippen LogP) is 2.86. The van der Waals surface area contributed by atoms with Crippen LogP contribution < -0.4 is 5.32 Å². The second-order valence-corrected chi connectivity index (χ2v) is 5.52. The maximum Gasteiger partial charge on any atom is 0.0129 e. The Hall–Kier alpha value is 0.660. The highest BCUT2D eigenvalue weighted by atomic mass is 32.2. The molecule has 3 heteroatoms. The lowest BCUT2D eigenvalue weighted by atomic mass is 10.3. The minimum atomic E-state index is 0.680. The molecule has 0 heterocycles. The predicted molar refractivity (Wildman–Crippen MR) is 68.1 cm³/mol. The number of rotatable bonds is 9. The van der Waals surface area contributed by atoms with Crippen LogP contribution in [0.5, 0.6) is 0 Å². The number of hydrogen-bond acceptors (Lipinski definition) is 3. The van der Waals surface area contributed by atoms with E-state index in [1.54, 1.807) is 0 Å². The molecular formula is C10H23NS2. The van der Waals surface area contributed by atoms with Crippen LogP contribution in [0, 0.1) is 0 Å². The minimum absolute atomic E-state index is 0.680. The zero-order valence-corrected chi connectivity index (χ0v) is 10.8. The third-order valence-electron chi connectivity index (χ3n) is 1.84. The molecule has 0 aromatic carbocycles. The van der Waals surface area contributed by atoms with Gasteiger partial charge in [0.05, 0.1) is 0 Å². The fourth-order valence-electron chi connectivity index (χ4n) is 1.07. The minimum Gasteiger partial charge on any atom is -0.313 e. The first-order chi connectivity index (χ1) is 6.31. The van der Waals surface area contributed by atoms with E-state index in [0.717, 1.165) is 0 Å². The molecule has 0 rings (SSSR count). The molecular weight excluding hydrogens is 198 g/mol. The average molecular weight is 221 g/mol. The van der Waals surface area contributed by atoms with Crippen molar-refractivity contribution in [2.45, 2.75) is 32.7 Å². The molecule has 0 amide bonds. The van der Waals surface area contributed by atoms with E-state index in [1.165, 1.54) is 36.6 Å². The Morgan fingerprint density at radius 3 is 2.69 bits per heavy atom. The Labute approximate surface area is 91.8 Å². The summed E-state index contributed by atoms with van der Waals surface area (Å²) in [6.07, 6.45) is 4.84. The second kappa shape index (κ2) is 10.7. The smallest absolute Gasteiger partial charge is 0.0129 e. The summed E-state index contributed by atoms with van der Waals surface area (Å²) in [6, 6.07) is 0.680. The van der Waals surface area contributed by atoms with Gasteiger partial charge in [0.1, 0.15) is 0 Å². The molecule has 1 unspecified atom stereocenters. The van der Waals surface area contributed by atoms with Gasteiger partial charge in [-0.3, -0.25) is 0 Å². The molecule has 0 spiro atoms. The molecule has 1 atom stereocenters. The standard InChI is InChI=1S/C10H23NS2/c1-4-13-9-10(2)11-7-5-6-8-12-3/h10-11H,4-9H2,1-3H3. The Bertz CT molecular complexity index is 98.9. The molecule has 0 saturated heterocycles. The lowest BCUT2D eigenvalue weighted by Gasteiger charge is -2.12. The molecule has 0 saturated carbocycles. The lowest BCUT2D eigenvalue weighted by Crippen LogP contribution is -2.29. The third kappa shape index (κ3) is 10.6. The maximum absolute atomic E-state index is 3.55. The average Bonchev–Trinajstić information content (AvgIpc) is 2.14. The van der Waals surface area contributed by atoms with Gasteiger partial charge in [0.15, 0.2) is 0 Å². The van der Waals surface area contributed by atoms with Gasteiger partial charge in [0, 0.05) is 11.8 Å². The Balaban J connectivity index is 3.03. The molecule has 0 aliphatic rings. The highest BCUT2D eigenvalue weighted by Gasteiger charge is 1.98. The van der Waals surface area contributed by atoms with Crippen LogP contribution in [0.15, 0.2) is 0 Å². The van der Waals surface area contributed by atoms with Gasteiger partial charge in [-0.2, -0.15) is 23.5 Å². The summed E-state index contributed by atoms with van der Waals surface area (Å²) in [5.41, 5.74) is 0. The molecule has 1 nitrogen and oxygen atoms in total. The fraction of sp³-hybridized carbons (Fsp3) is 1.00. The summed E-state index contributed by atoms with van der Waals surface area (Å²) in [7, 11) is 0. The SMILES string of the molecule is CCSCC(C)NCCCCSC. The van der Waals surface area contributed by atoms with Crippen LogP contribution in [0.4, 0.5) is 0 Å². The van der Waals surface area contributed by atoms with Crippen molar-refractivity contribution in [3.8, 4) is 0 Å². The summed E-state index contributed by atoms with van der Waals surface area (Å²) < 4.78 is 0. The van der Waals surface area contributed by atoms with Crippen molar-refractivity contribution in [1.82, 2.24) is 5.32 Å². The van der Waals surface area contributed by atoms with Crippen molar-refractivity contribution in [3.05, 3.63) is 0 Å². The summed E-state index contributed by atoms with van der Waals surface area (Å²) >= 11 is 3.96. The van der Waals surface area contributed by atoms with Crippen LogP contribution in [0.1, 0.15) is 26.7 Å². The monoisotopic (exact) mass is 221 g/mol. The van der Waals surface area contributed by atoms with Gasteiger partial charge in [0.2, 0.25) is 0 Å². The number of unbranched alkanes of at least 4 members (excludes halogenated alkanes) is 1. The van der Waals surface area contributed by atoms with Crippen molar-refractivity contribution in [2.75, 3.05) is 30.1 Å². The Morgan fingerprint density at radius 1 is 1.31 bits per heavy atom. The van der Waals surface area contributed by atoms with Crippen LogP contribution in [-0.2, 0) is 0 Å². The van der Waals surface area contributed by atoms with Crippen molar-refractivity contribution < 1.29 is 0 Å². The molecule has 0 aromatic heterocycles. The molecule has 13 heavy (non-hydrogen) atoms. The molecule has 1 N–H and O–H groups in total. The second-order valence-electron chi connectivity index (χ2n) is 3.21. The molecule has 0 radical (unpaired) electrons. The van der Waals surface area contributed by atoms with E-state index < -0.39 is 0 Å². The number of thioether (sulfide) groups is 2. The summed E-state index contributed by atoms with van der Waals surface area (Å²) in [5, 5.41) is 3.55. The van der Waals surface area contributed by atoms with Crippen LogP contribution >= 0.6 is 23.5 Å². The molecule has 0 bridgehead atoms. The van der Waals surface area contributed by atoms with Gasteiger partial charge in [0.25, 0.3) is 0 Å². The lowest BCUT2D eigenvalue weighted by molar-refractivity contribution is 0.573. The van der Waals surface area contributed by atoms with Crippen molar-refractivity contribution in [1.29, 1.82) is 0 Å². The van der Waals surface area contributed by atoms with Gasteiger partial charge in [-0.05, 0) is 44.1 Å². The fourth-order valence-corrected chi connectivity index (χ4v) is 2.27. The van der Waals surface area contributed by atoms with Gasteiger partial charge in [-0.15, -0.1) is 0 Å². The quantitative estimate of drug-likeness (QED) is 0.601. The van der Waals surface area contributed by atoms with Gasteiger partial charge in [-0.1, -0.05) is 6.92 Å². The van der Waals surface area contributed by atoms with E-state index in [1.807, 2.05) is 23.5 Å². The van der Waals surface area contributed by atoms with Crippen LogP contribution in [0.2, 0.25) is 0 Å². The summed E-state index contributed by atoms with van der Waals surface area (Å²) in [4.78, 5) is 0. The van der Waals surface area contributed by atoms with Gasteiger partial charge >= 0.3 is 0 Å². The van der Waals surface area contributed by atoms with E-state index in [-0.39, 0.29) is 0 Å². The topological polar surface area (TPSA) is 12.0 Å². The highest BCUT2D eigenvalue weighted by Crippen LogP contribution is 2.02. The molecule has 0 aromatic rings. The van der Waals surface area contributed by atoms with Crippen molar-refractivity contribution in [2.24, 2.45) is 0 Å². The molecule has 0 aliphatic carbocycles. The van der Waals surface area contributed by atoms with E-state index in [4.69, 9.17) is 0 Å². The normalized spacial score (nSPS) is 13.2. The Morgan fingerprint density at radius 2 is 2.08 bits per heavy atom. The molecule has 0 aliphatic heterocycles. The first-order valence-corrected chi connectivity index (χ1v) is 7.66. The summed E-state index contributed by atoms with van der Waals surface area (Å²) in [5.74, 6) is 3.79. The molecule has 80 valence electrons. The van der Waals surface area contributed by atoms with E-state index in [9.17, 15) is 0 Å². The molecule has 0 fully saturated rings.